The van der Waals surface area contributed by atoms with Crippen molar-refractivity contribution in [2.45, 2.75) is 32.7 Å². The molecule has 1 atom stereocenters. The summed E-state index contributed by atoms with van der Waals surface area (Å²) in [4.78, 5) is 0. The van der Waals surface area contributed by atoms with Crippen molar-refractivity contribution in [3.05, 3.63) is 29.8 Å². The lowest BCUT2D eigenvalue weighted by atomic mass is 10.1. The van der Waals surface area contributed by atoms with Gasteiger partial charge in [0.1, 0.15) is 5.75 Å². The van der Waals surface area contributed by atoms with Crippen LogP contribution in [-0.2, 0) is 10.2 Å². The number of nitrogens with one attached hydrogen (secondary N) is 1. The minimum absolute atomic E-state index is 0.253. The predicted molar refractivity (Wildman–Crippen MR) is 78.9 cm³/mol. The zero-order valence-corrected chi connectivity index (χ0v) is 12.8. The number of hydrogen-bond acceptors (Lipinski definition) is 3. The minimum Gasteiger partial charge on any atom is -0.494 e. The minimum atomic E-state index is -3.38. The molecule has 1 aliphatic rings. The highest BCUT2D eigenvalue weighted by Gasteiger charge is 2.26. The molecule has 0 bridgehead atoms. The molecule has 112 valence electrons. The Bertz CT molecular complexity index is 522. The van der Waals surface area contributed by atoms with E-state index in [9.17, 15) is 8.42 Å². The smallest absolute Gasteiger partial charge is 0.279 e. The van der Waals surface area contributed by atoms with Crippen LogP contribution in [0.25, 0.3) is 0 Å². The zero-order chi connectivity index (χ0) is 14.6. The van der Waals surface area contributed by atoms with E-state index in [-0.39, 0.29) is 6.04 Å². The third kappa shape index (κ3) is 3.71. The first-order valence-electron chi connectivity index (χ1n) is 7.03. The molecule has 1 aromatic rings. The van der Waals surface area contributed by atoms with Crippen molar-refractivity contribution >= 4 is 10.2 Å². The van der Waals surface area contributed by atoms with Crippen LogP contribution >= 0.6 is 0 Å². The molecule has 1 fully saturated rings. The molecule has 0 radical (unpaired) electrons. The summed E-state index contributed by atoms with van der Waals surface area (Å²) in [7, 11) is -3.38. The van der Waals surface area contributed by atoms with Crippen LogP contribution in [0.5, 0.6) is 5.75 Å². The fourth-order valence-corrected chi connectivity index (χ4v) is 3.78. The van der Waals surface area contributed by atoms with Crippen LogP contribution in [0, 0.1) is 0 Å². The van der Waals surface area contributed by atoms with Crippen LogP contribution in [0.2, 0.25) is 0 Å². The van der Waals surface area contributed by atoms with Crippen molar-refractivity contribution in [1.29, 1.82) is 0 Å². The van der Waals surface area contributed by atoms with E-state index in [0.29, 0.717) is 19.7 Å². The van der Waals surface area contributed by atoms with Gasteiger partial charge in [0, 0.05) is 19.1 Å². The lowest BCUT2D eigenvalue weighted by molar-refractivity contribution is 0.340. The fourth-order valence-electron chi connectivity index (χ4n) is 2.31. The molecule has 0 amide bonds. The second-order valence-electron chi connectivity index (χ2n) is 4.95. The van der Waals surface area contributed by atoms with Gasteiger partial charge in [-0.2, -0.15) is 17.4 Å². The number of ether oxygens (including phenoxy) is 1. The number of rotatable bonds is 6. The van der Waals surface area contributed by atoms with Gasteiger partial charge in [-0.15, -0.1) is 0 Å². The molecule has 0 aromatic heterocycles. The van der Waals surface area contributed by atoms with Crippen molar-refractivity contribution in [1.82, 2.24) is 9.03 Å². The summed E-state index contributed by atoms with van der Waals surface area (Å²) in [5.74, 6) is 0.797. The normalized spacial score (nSPS) is 18.1. The molecule has 0 aliphatic carbocycles. The molecule has 1 unspecified atom stereocenters. The standard InChI is InChI=1S/C14H22N2O3S/c1-3-19-14-8-6-13(7-9-14)12(2)15-20(17,18)16-10-4-5-11-16/h6-9,12,15H,3-5,10-11H2,1-2H3. The largest absolute Gasteiger partial charge is 0.494 e. The van der Waals surface area contributed by atoms with Gasteiger partial charge in [0.15, 0.2) is 0 Å². The Hall–Kier alpha value is -1.11. The van der Waals surface area contributed by atoms with E-state index < -0.39 is 10.2 Å². The zero-order valence-electron chi connectivity index (χ0n) is 12.0. The van der Waals surface area contributed by atoms with Crippen molar-refractivity contribution in [3.8, 4) is 5.75 Å². The summed E-state index contributed by atoms with van der Waals surface area (Å²) in [6.07, 6.45) is 1.89. The van der Waals surface area contributed by atoms with Crippen molar-refractivity contribution in [2.24, 2.45) is 0 Å². The van der Waals surface area contributed by atoms with Crippen LogP contribution in [-0.4, -0.2) is 32.4 Å². The van der Waals surface area contributed by atoms with Gasteiger partial charge in [-0.25, -0.2) is 0 Å². The molecule has 1 heterocycles. The molecule has 1 aliphatic heterocycles. The molecule has 2 rings (SSSR count). The van der Waals surface area contributed by atoms with E-state index >= 15 is 0 Å². The average Bonchev–Trinajstić information content (AvgIpc) is 2.94. The number of hydrogen-bond donors (Lipinski definition) is 1. The molecular weight excluding hydrogens is 276 g/mol. The quantitative estimate of drug-likeness (QED) is 0.874. The maximum absolute atomic E-state index is 12.2. The van der Waals surface area contributed by atoms with Gasteiger partial charge >= 0.3 is 0 Å². The Balaban J connectivity index is 2.01. The third-order valence-corrected chi connectivity index (χ3v) is 5.12. The highest BCUT2D eigenvalue weighted by molar-refractivity contribution is 7.87. The first-order valence-corrected chi connectivity index (χ1v) is 8.47. The lowest BCUT2D eigenvalue weighted by Gasteiger charge is -2.20. The summed E-state index contributed by atoms with van der Waals surface area (Å²) >= 11 is 0. The maximum atomic E-state index is 12.2. The van der Waals surface area contributed by atoms with Gasteiger partial charge in [0.05, 0.1) is 6.61 Å². The van der Waals surface area contributed by atoms with Gasteiger partial charge in [-0.05, 0) is 44.4 Å². The van der Waals surface area contributed by atoms with E-state index in [2.05, 4.69) is 4.72 Å². The van der Waals surface area contributed by atoms with Crippen molar-refractivity contribution in [3.63, 3.8) is 0 Å². The summed E-state index contributed by atoms with van der Waals surface area (Å²) < 4.78 is 34.0. The molecule has 20 heavy (non-hydrogen) atoms. The molecule has 1 N–H and O–H groups in total. The monoisotopic (exact) mass is 298 g/mol. The van der Waals surface area contributed by atoms with E-state index in [1.165, 1.54) is 4.31 Å². The second-order valence-corrected chi connectivity index (χ2v) is 6.66. The molecule has 0 spiro atoms. The second kappa shape index (κ2) is 6.56. The molecular formula is C14H22N2O3S. The average molecular weight is 298 g/mol. The Kier molecular flexibility index (Phi) is 5.01. The molecule has 0 saturated carbocycles. The van der Waals surface area contributed by atoms with Crippen molar-refractivity contribution in [2.75, 3.05) is 19.7 Å². The molecule has 5 nitrogen and oxygen atoms in total. The highest BCUT2D eigenvalue weighted by atomic mass is 32.2. The first-order chi connectivity index (χ1) is 9.53. The Morgan fingerprint density at radius 2 is 1.85 bits per heavy atom. The van der Waals surface area contributed by atoms with Crippen LogP contribution in [0.3, 0.4) is 0 Å². The van der Waals surface area contributed by atoms with E-state index in [1.807, 2.05) is 38.1 Å². The van der Waals surface area contributed by atoms with Gasteiger partial charge in [0.25, 0.3) is 10.2 Å². The fraction of sp³-hybridized carbons (Fsp3) is 0.571. The highest BCUT2D eigenvalue weighted by Crippen LogP contribution is 2.20. The SMILES string of the molecule is CCOc1ccc(C(C)NS(=O)(=O)N2CCCC2)cc1. The Morgan fingerprint density at radius 1 is 1.25 bits per heavy atom. The van der Waals surface area contributed by atoms with Crippen LogP contribution in [0.4, 0.5) is 0 Å². The van der Waals surface area contributed by atoms with Gasteiger partial charge in [0.2, 0.25) is 0 Å². The summed E-state index contributed by atoms with van der Waals surface area (Å²) in [5, 5.41) is 0. The van der Waals surface area contributed by atoms with Gasteiger partial charge in [-0.3, -0.25) is 0 Å². The van der Waals surface area contributed by atoms with Crippen molar-refractivity contribution < 1.29 is 13.2 Å². The lowest BCUT2D eigenvalue weighted by Crippen LogP contribution is -2.40. The Morgan fingerprint density at radius 3 is 2.40 bits per heavy atom. The molecule has 1 aromatic carbocycles. The maximum Gasteiger partial charge on any atom is 0.279 e. The van der Waals surface area contributed by atoms with E-state index in [4.69, 9.17) is 4.74 Å². The number of benzene rings is 1. The van der Waals surface area contributed by atoms with Crippen LogP contribution in [0.15, 0.2) is 24.3 Å². The summed E-state index contributed by atoms with van der Waals surface area (Å²) in [5.41, 5.74) is 0.927. The van der Waals surface area contributed by atoms with Crippen LogP contribution in [0.1, 0.15) is 38.3 Å². The topological polar surface area (TPSA) is 58.6 Å². The molecule has 6 heteroatoms. The number of nitrogens with zero attached hydrogens (tertiary/aromatic N) is 1. The Labute approximate surface area is 121 Å². The van der Waals surface area contributed by atoms with Gasteiger partial charge in [-0.1, -0.05) is 12.1 Å². The predicted octanol–water partition coefficient (Wildman–Crippen LogP) is 2.08. The first kappa shape index (κ1) is 15.3. The third-order valence-electron chi connectivity index (χ3n) is 3.42. The van der Waals surface area contributed by atoms with Crippen LogP contribution < -0.4 is 9.46 Å². The van der Waals surface area contributed by atoms with E-state index in [0.717, 1.165) is 24.2 Å². The summed E-state index contributed by atoms with van der Waals surface area (Å²) in [6, 6.07) is 7.25. The van der Waals surface area contributed by atoms with Gasteiger partial charge < -0.3 is 4.74 Å². The summed E-state index contributed by atoms with van der Waals surface area (Å²) in [6.45, 7) is 5.64. The van der Waals surface area contributed by atoms with E-state index in [1.54, 1.807) is 0 Å². The molecule has 1 saturated heterocycles.